The third kappa shape index (κ3) is 3.44. The first-order valence-electron chi connectivity index (χ1n) is 13.2. The molecule has 0 N–H and O–H groups in total. The van der Waals surface area contributed by atoms with Gasteiger partial charge in [0.15, 0.2) is 17.3 Å². The Hall–Kier alpha value is -4.78. The molecule has 0 aromatic heterocycles. The summed E-state index contributed by atoms with van der Waals surface area (Å²) in [6, 6.07) is 25.2. The fourth-order valence-corrected chi connectivity index (χ4v) is 6.94. The summed E-state index contributed by atoms with van der Waals surface area (Å²) in [4.78, 5) is 45.4. The van der Waals surface area contributed by atoms with Crippen LogP contribution >= 0.6 is 0 Å². The fraction of sp³-hybridized carbons (Fsp3) is 0.147. The zero-order valence-corrected chi connectivity index (χ0v) is 21.5. The molecule has 1 fully saturated rings. The molecule has 1 aliphatic carbocycles. The van der Waals surface area contributed by atoms with E-state index in [1.807, 2.05) is 35.2 Å². The van der Waals surface area contributed by atoms with Crippen molar-refractivity contribution >= 4 is 29.1 Å². The van der Waals surface area contributed by atoms with Gasteiger partial charge in [-0.3, -0.25) is 14.4 Å². The summed E-state index contributed by atoms with van der Waals surface area (Å²) in [6.07, 6.45) is -0.931. The number of para-hydroxylation sites is 1. The number of Topliss-reactive ketones (excluding diaryl/α,β-unsaturated/α-hetero) is 3. The van der Waals surface area contributed by atoms with Crippen LogP contribution in [0.5, 0.6) is 0 Å². The van der Waals surface area contributed by atoms with Crippen molar-refractivity contribution in [3.8, 4) is 0 Å². The molecule has 4 nitrogen and oxygen atoms in total. The molecule has 0 amide bonds. The smallest absolute Gasteiger partial charge is 0.352 e. The zero-order valence-electron chi connectivity index (χ0n) is 21.5. The van der Waals surface area contributed by atoms with E-state index >= 15 is 0 Å². The third-order valence-corrected chi connectivity index (χ3v) is 8.64. The Bertz CT molecular complexity index is 1720. The maximum absolute atomic E-state index is 14.5. The van der Waals surface area contributed by atoms with Gasteiger partial charge in [0.05, 0.1) is 11.6 Å². The van der Waals surface area contributed by atoms with E-state index in [-0.39, 0.29) is 16.9 Å². The van der Waals surface area contributed by atoms with E-state index in [0.29, 0.717) is 16.8 Å². The van der Waals surface area contributed by atoms with Crippen LogP contribution < -0.4 is 4.90 Å². The Kier molecular flexibility index (Phi) is 5.45. The largest absolute Gasteiger partial charge is 0.416 e. The van der Waals surface area contributed by atoms with Gasteiger partial charge in [-0.05, 0) is 29.3 Å². The lowest BCUT2D eigenvalue weighted by Gasteiger charge is -2.37. The molecule has 0 saturated carbocycles. The van der Waals surface area contributed by atoms with E-state index in [1.54, 1.807) is 60.7 Å². The summed E-state index contributed by atoms with van der Waals surface area (Å²) in [6.45, 7) is 0. The van der Waals surface area contributed by atoms with E-state index in [0.717, 1.165) is 17.7 Å². The predicted octanol–water partition coefficient (Wildman–Crippen LogP) is 7.02. The molecule has 3 atom stereocenters. The number of alkyl halides is 3. The number of nitrogens with zero attached hydrogens (tertiary/aromatic N) is 1. The number of carbonyl (C=O) groups excluding carboxylic acids is 3. The first-order chi connectivity index (χ1) is 19.7. The SMILES string of the molecule is O=C(c1ccccc1)[C@@H]1[C@H](c2ccc(C(F)(F)F)cc2)C2(C(=O)c3ccccc3C2=O)[C@@H]2C=Cc3ccccc3N12. The van der Waals surface area contributed by atoms with Gasteiger partial charge >= 0.3 is 6.18 Å². The molecule has 41 heavy (non-hydrogen) atoms. The van der Waals surface area contributed by atoms with Crippen LogP contribution in [0.15, 0.2) is 109 Å². The van der Waals surface area contributed by atoms with E-state index in [1.165, 1.54) is 12.1 Å². The molecule has 202 valence electrons. The second-order valence-corrected chi connectivity index (χ2v) is 10.6. The molecule has 4 aromatic rings. The van der Waals surface area contributed by atoms with Crippen molar-refractivity contribution in [2.75, 3.05) is 4.90 Å². The van der Waals surface area contributed by atoms with Crippen molar-refractivity contribution in [3.05, 3.63) is 143 Å². The summed E-state index contributed by atoms with van der Waals surface area (Å²) >= 11 is 0. The van der Waals surface area contributed by atoms with Crippen LogP contribution in [0.3, 0.4) is 0 Å². The Morgan fingerprint density at radius 1 is 0.732 bits per heavy atom. The number of ketones is 3. The number of halogens is 3. The van der Waals surface area contributed by atoms with Crippen LogP contribution in [0.4, 0.5) is 18.9 Å². The van der Waals surface area contributed by atoms with Crippen molar-refractivity contribution < 1.29 is 27.6 Å². The second-order valence-electron chi connectivity index (χ2n) is 10.6. The minimum Gasteiger partial charge on any atom is -0.352 e. The quantitative estimate of drug-likeness (QED) is 0.204. The number of hydrogen-bond donors (Lipinski definition) is 0. The van der Waals surface area contributed by atoms with Crippen molar-refractivity contribution in [2.24, 2.45) is 5.41 Å². The highest BCUT2D eigenvalue weighted by molar-refractivity contribution is 6.32. The van der Waals surface area contributed by atoms with Gasteiger partial charge in [-0.2, -0.15) is 13.2 Å². The maximum atomic E-state index is 14.5. The molecule has 2 heterocycles. The molecule has 3 aliphatic rings. The standard InChI is InChI=1S/C34H22F3NO3/c35-34(36,37)23-17-14-21(15-18-23)28-29(30(39)22-9-2-1-3-10-22)38-26-13-7-4-8-20(26)16-19-27(38)33(28)31(40)24-11-5-6-12-25(24)32(33)41/h1-19,27-29H/t27-,28-,29-/m0/s1. The lowest BCUT2D eigenvalue weighted by Crippen LogP contribution is -2.48. The number of fused-ring (bicyclic) bond motifs is 5. The van der Waals surface area contributed by atoms with Gasteiger partial charge in [0, 0.05) is 28.3 Å². The minimum absolute atomic E-state index is 0.259. The van der Waals surface area contributed by atoms with Gasteiger partial charge in [0.1, 0.15) is 11.5 Å². The summed E-state index contributed by atoms with van der Waals surface area (Å²) in [5.74, 6) is -2.24. The van der Waals surface area contributed by atoms with Gasteiger partial charge in [-0.1, -0.05) is 97.1 Å². The van der Waals surface area contributed by atoms with Crippen LogP contribution in [0.2, 0.25) is 0 Å². The van der Waals surface area contributed by atoms with E-state index in [2.05, 4.69) is 0 Å². The molecule has 0 bridgehead atoms. The van der Waals surface area contributed by atoms with Crippen LogP contribution in [0.25, 0.3) is 6.08 Å². The average Bonchev–Trinajstić information content (AvgIpc) is 3.43. The van der Waals surface area contributed by atoms with Crippen molar-refractivity contribution in [1.29, 1.82) is 0 Å². The Morgan fingerprint density at radius 2 is 1.32 bits per heavy atom. The number of rotatable bonds is 3. The predicted molar refractivity (Wildman–Crippen MR) is 148 cm³/mol. The topological polar surface area (TPSA) is 54.5 Å². The third-order valence-electron chi connectivity index (χ3n) is 8.64. The maximum Gasteiger partial charge on any atom is 0.416 e. The highest BCUT2D eigenvalue weighted by atomic mass is 19.4. The second kappa shape index (κ2) is 8.86. The Morgan fingerprint density at radius 3 is 1.95 bits per heavy atom. The fourth-order valence-electron chi connectivity index (χ4n) is 6.94. The van der Waals surface area contributed by atoms with Crippen molar-refractivity contribution in [1.82, 2.24) is 0 Å². The Balaban J connectivity index is 1.53. The molecular formula is C34H22F3NO3. The monoisotopic (exact) mass is 549 g/mol. The van der Waals surface area contributed by atoms with Crippen molar-refractivity contribution in [2.45, 2.75) is 24.2 Å². The van der Waals surface area contributed by atoms with Gasteiger partial charge in [0.2, 0.25) is 0 Å². The molecule has 7 heteroatoms. The molecule has 0 radical (unpaired) electrons. The summed E-state index contributed by atoms with van der Waals surface area (Å²) < 4.78 is 40.6. The van der Waals surface area contributed by atoms with Crippen molar-refractivity contribution in [3.63, 3.8) is 0 Å². The van der Waals surface area contributed by atoms with Crippen LogP contribution in [0, 0.1) is 5.41 Å². The lowest BCUT2D eigenvalue weighted by molar-refractivity contribution is -0.137. The molecule has 1 saturated heterocycles. The number of benzene rings is 4. The molecule has 0 unspecified atom stereocenters. The van der Waals surface area contributed by atoms with E-state index in [4.69, 9.17) is 0 Å². The number of anilines is 1. The van der Waals surface area contributed by atoms with Crippen LogP contribution in [-0.4, -0.2) is 29.4 Å². The van der Waals surface area contributed by atoms with Gasteiger partial charge < -0.3 is 4.90 Å². The zero-order chi connectivity index (χ0) is 28.5. The molecule has 2 aliphatic heterocycles. The van der Waals surface area contributed by atoms with E-state index in [9.17, 15) is 27.6 Å². The first-order valence-corrected chi connectivity index (χ1v) is 13.2. The van der Waals surface area contributed by atoms with Gasteiger partial charge in [-0.15, -0.1) is 0 Å². The van der Waals surface area contributed by atoms with Crippen LogP contribution in [0.1, 0.15) is 53.7 Å². The number of hydrogen-bond acceptors (Lipinski definition) is 4. The molecule has 4 aromatic carbocycles. The molecule has 1 spiro atoms. The van der Waals surface area contributed by atoms with E-state index < -0.39 is 46.7 Å². The highest BCUT2D eigenvalue weighted by Crippen LogP contribution is 2.61. The number of carbonyl (C=O) groups is 3. The first kappa shape index (κ1) is 25.2. The average molecular weight is 550 g/mol. The minimum atomic E-state index is -4.57. The lowest BCUT2D eigenvalue weighted by atomic mass is 9.64. The molecular weight excluding hydrogens is 527 g/mol. The summed E-state index contributed by atoms with van der Waals surface area (Å²) in [7, 11) is 0. The van der Waals surface area contributed by atoms with Crippen LogP contribution in [-0.2, 0) is 6.18 Å². The van der Waals surface area contributed by atoms with Gasteiger partial charge in [0.25, 0.3) is 0 Å². The summed E-state index contributed by atoms with van der Waals surface area (Å²) in [5.41, 5.74) is 0.101. The van der Waals surface area contributed by atoms with Gasteiger partial charge in [-0.25, -0.2) is 0 Å². The molecule has 7 rings (SSSR count). The highest BCUT2D eigenvalue weighted by Gasteiger charge is 2.71. The summed E-state index contributed by atoms with van der Waals surface area (Å²) in [5, 5.41) is 0. The Labute approximate surface area is 233 Å². The normalized spacial score (nSPS) is 22.0.